The van der Waals surface area contributed by atoms with Gasteiger partial charge >= 0.3 is 6.03 Å². The Morgan fingerprint density at radius 3 is 2.26 bits per heavy atom. The number of benzene rings is 2. The minimum atomic E-state index is -0.458. The van der Waals surface area contributed by atoms with Crippen molar-refractivity contribution in [3.8, 4) is 0 Å². The normalized spacial score (nSPS) is 13.5. The smallest absolute Gasteiger partial charge is 0.319 e. The van der Waals surface area contributed by atoms with Crippen molar-refractivity contribution in [3.63, 3.8) is 0 Å². The monoisotopic (exact) mass is 462 g/mol. The molecule has 164 valence electrons. The second-order valence-electron chi connectivity index (χ2n) is 7.31. The number of carbonyl (C=O) groups excluding carboxylic acids is 3. The molecule has 1 aliphatic carbocycles. The van der Waals surface area contributed by atoms with Gasteiger partial charge in [-0.15, -0.1) is 0 Å². The van der Waals surface area contributed by atoms with E-state index in [1.54, 1.807) is 42.5 Å². The lowest BCUT2D eigenvalue weighted by atomic mass is 10.1. The highest BCUT2D eigenvalue weighted by molar-refractivity contribution is 6.35. The van der Waals surface area contributed by atoms with E-state index in [9.17, 15) is 14.4 Å². The highest BCUT2D eigenvalue weighted by Crippen LogP contribution is 2.26. The van der Waals surface area contributed by atoms with Gasteiger partial charge in [0.25, 0.3) is 5.91 Å². The summed E-state index contributed by atoms with van der Waals surface area (Å²) < 4.78 is 0. The van der Waals surface area contributed by atoms with Crippen molar-refractivity contribution in [1.82, 2.24) is 10.6 Å². The van der Waals surface area contributed by atoms with E-state index < -0.39 is 6.03 Å². The van der Waals surface area contributed by atoms with E-state index in [-0.39, 0.29) is 30.8 Å². The summed E-state index contributed by atoms with van der Waals surface area (Å²) in [4.78, 5) is 36.4. The molecule has 0 atom stereocenters. The zero-order chi connectivity index (χ0) is 22.2. The van der Waals surface area contributed by atoms with Gasteiger partial charge in [-0.3, -0.25) is 9.59 Å². The number of hydrogen-bond acceptors (Lipinski definition) is 3. The highest BCUT2D eigenvalue weighted by atomic mass is 35.5. The fraction of sp³-hybridized carbons (Fsp3) is 0.318. The molecule has 0 aromatic heterocycles. The Morgan fingerprint density at radius 2 is 1.55 bits per heavy atom. The molecule has 9 heteroatoms. The summed E-state index contributed by atoms with van der Waals surface area (Å²) in [6.45, 7) is 0.473. The average molecular weight is 463 g/mol. The molecule has 0 bridgehead atoms. The van der Waals surface area contributed by atoms with Crippen LogP contribution < -0.4 is 21.3 Å². The third kappa shape index (κ3) is 6.87. The minimum absolute atomic E-state index is 0.0399. The number of urea groups is 1. The predicted molar refractivity (Wildman–Crippen MR) is 123 cm³/mol. The van der Waals surface area contributed by atoms with E-state index in [1.807, 2.05) is 0 Å². The Kier molecular flexibility index (Phi) is 8.14. The maximum Gasteiger partial charge on any atom is 0.319 e. The van der Waals surface area contributed by atoms with E-state index in [0.717, 1.165) is 25.7 Å². The molecular formula is C22H24Cl2N4O3. The largest absolute Gasteiger partial charge is 0.350 e. The van der Waals surface area contributed by atoms with Gasteiger partial charge in [0.15, 0.2) is 0 Å². The van der Waals surface area contributed by atoms with Crippen LogP contribution in [0, 0.1) is 5.92 Å². The molecule has 0 heterocycles. The molecule has 3 rings (SSSR count). The van der Waals surface area contributed by atoms with Crippen molar-refractivity contribution < 1.29 is 14.4 Å². The summed E-state index contributed by atoms with van der Waals surface area (Å²) in [5.74, 6) is -0.144. The first kappa shape index (κ1) is 22.9. The van der Waals surface area contributed by atoms with Crippen molar-refractivity contribution in [1.29, 1.82) is 0 Å². The number of halogens is 2. The first-order valence-corrected chi connectivity index (χ1v) is 10.9. The molecule has 0 radical (unpaired) electrons. The second kappa shape index (κ2) is 11.0. The van der Waals surface area contributed by atoms with Gasteiger partial charge in [0.05, 0.1) is 10.7 Å². The zero-order valence-corrected chi connectivity index (χ0v) is 18.4. The Hall–Kier alpha value is -2.77. The van der Waals surface area contributed by atoms with Crippen LogP contribution in [0.3, 0.4) is 0 Å². The fourth-order valence-electron chi connectivity index (χ4n) is 3.35. The van der Waals surface area contributed by atoms with Gasteiger partial charge < -0.3 is 21.3 Å². The fourth-order valence-corrected chi connectivity index (χ4v) is 3.69. The number of rotatable bonds is 7. The van der Waals surface area contributed by atoms with Crippen molar-refractivity contribution in [3.05, 3.63) is 58.1 Å². The van der Waals surface area contributed by atoms with Crippen LogP contribution in [0.15, 0.2) is 42.5 Å². The van der Waals surface area contributed by atoms with Crippen molar-refractivity contribution in [2.75, 3.05) is 23.7 Å². The van der Waals surface area contributed by atoms with Gasteiger partial charge in [-0.1, -0.05) is 36.0 Å². The van der Waals surface area contributed by atoms with Crippen molar-refractivity contribution in [2.24, 2.45) is 5.92 Å². The molecule has 0 aliphatic heterocycles. The average Bonchev–Trinajstić information content (AvgIpc) is 3.29. The van der Waals surface area contributed by atoms with Gasteiger partial charge in [-0.2, -0.15) is 0 Å². The van der Waals surface area contributed by atoms with Gasteiger partial charge in [-0.05, 0) is 55.3 Å². The number of carbonyl (C=O) groups is 3. The van der Waals surface area contributed by atoms with Crippen molar-refractivity contribution in [2.45, 2.75) is 25.7 Å². The molecule has 31 heavy (non-hydrogen) atoms. The van der Waals surface area contributed by atoms with Crippen LogP contribution >= 0.6 is 23.2 Å². The predicted octanol–water partition coefficient (Wildman–Crippen LogP) is 4.67. The lowest BCUT2D eigenvalue weighted by Gasteiger charge is -2.11. The Bertz CT molecular complexity index is 944. The number of hydrogen-bond donors (Lipinski definition) is 4. The Balaban J connectivity index is 1.38. The van der Waals surface area contributed by atoms with E-state index in [1.165, 1.54) is 0 Å². The molecule has 2 aromatic carbocycles. The molecule has 0 unspecified atom stereocenters. The summed E-state index contributed by atoms with van der Waals surface area (Å²) >= 11 is 11.9. The van der Waals surface area contributed by atoms with Crippen LogP contribution in [0.5, 0.6) is 0 Å². The molecule has 1 saturated carbocycles. The summed E-state index contributed by atoms with van der Waals surface area (Å²) in [5.41, 5.74) is 1.54. The van der Waals surface area contributed by atoms with Crippen molar-refractivity contribution >= 4 is 52.4 Å². The SMILES string of the molecule is O=C(NCCNC(=O)c1ccc(NC(=O)C2CCCC2)cc1)Nc1cc(Cl)ccc1Cl. The van der Waals surface area contributed by atoms with Gasteiger partial charge in [0.1, 0.15) is 0 Å². The summed E-state index contributed by atoms with van der Waals surface area (Å²) in [6, 6.07) is 11.0. The first-order valence-electron chi connectivity index (χ1n) is 10.1. The van der Waals surface area contributed by atoms with Crippen LogP contribution in [-0.2, 0) is 4.79 Å². The van der Waals surface area contributed by atoms with Gasteiger partial charge in [0.2, 0.25) is 5.91 Å². The Morgan fingerprint density at radius 1 is 0.871 bits per heavy atom. The minimum Gasteiger partial charge on any atom is -0.350 e. The summed E-state index contributed by atoms with van der Waals surface area (Å²) in [6.07, 6.45) is 4.07. The lowest BCUT2D eigenvalue weighted by Crippen LogP contribution is -2.36. The van der Waals surface area contributed by atoms with Crippen LogP contribution in [-0.4, -0.2) is 30.9 Å². The molecule has 1 fully saturated rings. The number of anilines is 2. The third-order valence-electron chi connectivity index (χ3n) is 5.01. The second-order valence-corrected chi connectivity index (χ2v) is 8.15. The topological polar surface area (TPSA) is 99.3 Å². The van der Waals surface area contributed by atoms with Crippen LogP contribution in [0.4, 0.5) is 16.2 Å². The molecule has 0 spiro atoms. The Labute approximate surface area is 190 Å². The van der Waals surface area contributed by atoms with E-state index in [0.29, 0.717) is 27.0 Å². The molecule has 7 nitrogen and oxygen atoms in total. The molecule has 4 N–H and O–H groups in total. The standard InChI is InChI=1S/C22H24Cl2N4O3/c23-16-7-10-18(24)19(13-16)28-22(31)26-12-11-25-20(29)15-5-8-17(9-6-15)27-21(30)14-3-1-2-4-14/h5-10,13-14H,1-4,11-12H2,(H,25,29)(H,27,30)(H2,26,28,31). The van der Waals surface area contributed by atoms with Gasteiger partial charge in [-0.25, -0.2) is 4.79 Å². The highest BCUT2D eigenvalue weighted by Gasteiger charge is 2.22. The third-order valence-corrected chi connectivity index (χ3v) is 5.58. The van der Waals surface area contributed by atoms with Crippen LogP contribution in [0.25, 0.3) is 0 Å². The molecule has 2 aromatic rings. The molecular weight excluding hydrogens is 439 g/mol. The van der Waals surface area contributed by atoms with E-state index in [2.05, 4.69) is 21.3 Å². The zero-order valence-electron chi connectivity index (χ0n) is 16.8. The molecule has 0 saturated heterocycles. The van der Waals surface area contributed by atoms with Gasteiger partial charge in [0, 0.05) is 35.3 Å². The summed E-state index contributed by atoms with van der Waals surface area (Å²) in [5, 5.41) is 11.7. The molecule has 1 aliphatic rings. The maximum atomic E-state index is 12.2. The van der Waals surface area contributed by atoms with E-state index in [4.69, 9.17) is 23.2 Å². The quantitative estimate of drug-likeness (QED) is 0.449. The number of amides is 4. The first-order chi connectivity index (χ1) is 14.9. The summed E-state index contributed by atoms with van der Waals surface area (Å²) in [7, 11) is 0. The number of nitrogens with one attached hydrogen (secondary N) is 4. The maximum absolute atomic E-state index is 12.2. The molecule has 4 amide bonds. The lowest BCUT2D eigenvalue weighted by molar-refractivity contribution is -0.119. The van der Waals surface area contributed by atoms with Crippen LogP contribution in [0.1, 0.15) is 36.0 Å². The van der Waals surface area contributed by atoms with Crippen LogP contribution in [0.2, 0.25) is 10.0 Å². The van der Waals surface area contributed by atoms with E-state index >= 15 is 0 Å².